The Hall–Kier alpha value is -5.19. The van der Waals surface area contributed by atoms with Crippen LogP contribution >= 0.6 is 0 Å². The summed E-state index contributed by atoms with van der Waals surface area (Å²) in [6.07, 6.45) is 7.03. The summed E-state index contributed by atoms with van der Waals surface area (Å²) >= 11 is 0. The van der Waals surface area contributed by atoms with E-state index >= 15 is 0 Å². The van der Waals surface area contributed by atoms with Crippen molar-refractivity contribution in [1.29, 1.82) is 0 Å². The minimum absolute atomic E-state index is 0.0325. The van der Waals surface area contributed by atoms with Crippen LogP contribution in [0.3, 0.4) is 0 Å². The number of cyclic esters (lactones) is 1. The second-order valence-electron chi connectivity index (χ2n) is 21.9. The molecule has 1 aliphatic carbocycles. The van der Waals surface area contributed by atoms with Crippen LogP contribution < -0.4 is 10.5 Å². The van der Waals surface area contributed by atoms with Gasteiger partial charge in [-0.3, -0.25) is 24.5 Å². The lowest BCUT2D eigenvalue weighted by molar-refractivity contribution is -0.384. The molecule has 3 heterocycles. The number of non-ortho nitro benzene ring substituents is 1. The average Bonchev–Trinajstić information content (AvgIpc) is 3.42. The van der Waals surface area contributed by atoms with Crippen molar-refractivity contribution in [2.45, 2.75) is 192 Å². The normalized spacial score (nSPS) is 36.3. The predicted octanol–water partition coefficient (Wildman–Crippen LogP) is 7.19. The first-order valence-corrected chi connectivity index (χ1v) is 27.6. The van der Waals surface area contributed by atoms with Gasteiger partial charge < -0.3 is 59.1 Å². The summed E-state index contributed by atoms with van der Waals surface area (Å²) in [5.41, 5.74) is 8.10. The summed E-state index contributed by atoms with van der Waals surface area (Å²) in [4.78, 5) is 81.7. The van der Waals surface area contributed by atoms with E-state index in [0.29, 0.717) is 63.4 Å². The highest BCUT2D eigenvalue weighted by molar-refractivity contribution is 6.39. The lowest BCUT2D eigenvalue weighted by Gasteiger charge is -2.43. The number of methoxy groups -OCH3 is 2. The third-order valence-electron chi connectivity index (χ3n) is 16.0. The van der Waals surface area contributed by atoms with Crippen LogP contribution in [-0.4, -0.2) is 149 Å². The molecular formula is C58H85N3O17. The Labute approximate surface area is 458 Å². The number of Topliss-reactive ketones (excluding diaryl/α,β-unsaturated/α-hetero) is 2. The van der Waals surface area contributed by atoms with Gasteiger partial charge in [-0.05, 0) is 120 Å². The first-order chi connectivity index (χ1) is 37.0. The molecule has 0 spiro atoms. The minimum atomic E-state index is -2.48. The Morgan fingerprint density at radius 1 is 0.872 bits per heavy atom. The van der Waals surface area contributed by atoms with E-state index in [1.807, 2.05) is 51.2 Å². The van der Waals surface area contributed by atoms with Crippen molar-refractivity contribution < 1.29 is 77.4 Å². The molecule has 0 unspecified atom stereocenters. The highest BCUT2D eigenvalue weighted by Gasteiger charge is 2.53. The van der Waals surface area contributed by atoms with Gasteiger partial charge in [0.1, 0.15) is 36.2 Å². The third-order valence-corrected chi connectivity index (χ3v) is 16.0. The quantitative estimate of drug-likeness (QED) is 0.0450. The van der Waals surface area contributed by atoms with E-state index in [4.69, 9.17) is 38.9 Å². The maximum Gasteiger partial charge on any atom is 0.514 e. The molecule has 78 heavy (non-hydrogen) atoms. The Bertz CT molecular complexity index is 2320. The number of piperidine rings is 1. The molecule has 434 valence electrons. The van der Waals surface area contributed by atoms with E-state index < -0.39 is 119 Å². The van der Waals surface area contributed by atoms with Crippen molar-refractivity contribution >= 4 is 35.3 Å². The van der Waals surface area contributed by atoms with Crippen molar-refractivity contribution in [2.75, 3.05) is 27.4 Å². The molecule has 2 bridgehead atoms. The van der Waals surface area contributed by atoms with Crippen LogP contribution in [0.4, 0.5) is 10.5 Å². The molecule has 5 N–H and O–H groups in total. The zero-order valence-corrected chi connectivity index (χ0v) is 46.9. The number of hydrogen-bond donors (Lipinski definition) is 4. The highest BCUT2D eigenvalue weighted by Crippen LogP contribution is 2.38. The van der Waals surface area contributed by atoms with E-state index in [-0.39, 0.29) is 55.7 Å². The molecule has 16 atom stereocenters. The summed E-state index contributed by atoms with van der Waals surface area (Å²) < 4.78 is 41.5. The van der Waals surface area contributed by atoms with E-state index in [2.05, 4.69) is 0 Å². The maximum atomic E-state index is 14.7. The van der Waals surface area contributed by atoms with Gasteiger partial charge in [0.05, 0.1) is 29.3 Å². The van der Waals surface area contributed by atoms with Gasteiger partial charge in [0.25, 0.3) is 17.4 Å². The number of nitro benzene ring substituents is 1. The van der Waals surface area contributed by atoms with Crippen molar-refractivity contribution in [1.82, 2.24) is 4.90 Å². The third kappa shape index (κ3) is 17.2. The maximum absolute atomic E-state index is 14.7. The lowest BCUT2D eigenvalue weighted by Crippen LogP contribution is -2.61. The molecule has 20 heteroatoms. The number of allylic oxidation sites excluding steroid dienone is 5. The molecule has 1 aromatic rings. The molecule has 1 amide bonds. The van der Waals surface area contributed by atoms with Gasteiger partial charge in [-0.15, -0.1) is 0 Å². The number of aliphatic hydroxyl groups is 3. The number of carbonyl (C=O) groups excluding carboxylic acids is 5. The molecule has 2 saturated heterocycles. The fourth-order valence-corrected chi connectivity index (χ4v) is 11.2. The van der Waals surface area contributed by atoms with Crippen LogP contribution in [0.1, 0.15) is 126 Å². The number of nitro groups is 1. The monoisotopic (exact) mass is 1100 g/mol. The number of nitrogens with two attached hydrogens (primary N) is 1. The average molecular weight is 1100 g/mol. The Balaban J connectivity index is 1.44. The van der Waals surface area contributed by atoms with Crippen LogP contribution in [-0.2, 0) is 47.6 Å². The largest absolute Gasteiger partial charge is 0.514 e. The molecule has 3 aliphatic heterocycles. The Kier molecular flexibility index (Phi) is 24.4. The molecule has 4 aliphatic rings. The van der Waals surface area contributed by atoms with Gasteiger partial charge in [0, 0.05) is 76.1 Å². The summed E-state index contributed by atoms with van der Waals surface area (Å²) in [6, 6.07) is 2.93. The van der Waals surface area contributed by atoms with Crippen LogP contribution in [0.25, 0.3) is 0 Å². The smallest absolute Gasteiger partial charge is 0.459 e. The van der Waals surface area contributed by atoms with Crippen LogP contribution in [0.5, 0.6) is 5.75 Å². The van der Waals surface area contributed by atoms with E-state index in [1.165, 1.54) is 36.3 Å². The van der Waals surface area contributed by atoms with Gasteiger partial charge in [-0.1, -0.05) is 64.2 Å². The number of aliphatic hydroxyl groups excluding tert-OH is 2. The molecule has 1 aromatic carbocycles. The van der Waals surface area contributed by atoms with E-state index in [1.54, 1.807) is 40.9 Å². The number of amides is 1. The topological polar surface area (TPSA) is 283 Å². The van der Waals surface area contributed by atoms with Gasteiger partial charge in [-0.25, -0.2) is 9.59 Å². The Morgan fingerprint density at radius 3 is 2.26 bits per heavy atom. The molecular weight excluding hydrogens is 1010 g/mol. The second-order valence-corrected chi connectivity index (χ2v) is 21.9. The highest BCUT2D eigenvalue weighted by atomic mass is 16.7. The summed E-state index contributed by atoms with van der Waals surface area (Å²) in [5, 5.41) is 45.8. The minimum Gasteiger partial charge on any atom is -0.459 e. The zero-order chi connectivity index (χ0) is 57.4. The number of carbonyl (C=O) groups is 5. The first kappa shape index (κ1) is 63.6. The molecule has 0 aromatic heterocycles. The fraction of sp³-hybridized carbons (Fsp3) is 0.672. The first-order valence-electron chi connectivity index (χ1n) is 27.6. The summed E-state index contributed by atoms with van der Waals surface area (Å²) in [7, 11) is 3.04. The number of esters is 1. The molecule has 0 radical (unpaired) electrons. The van der Waals surface area contributed by atoms with Crippen molar-refractivity contribution in [3.8, 4) is 5.75 Å². The van der Waals surface area contributed by atoms with Crippen LogP contribution in [0.2, 0.25) is 0 Å². The van der Waals surface area contributed by atoms with Gasteiger partial charge in [-0.2, -0.15) is 0 Å². The number of benzene rings is 1. The lowest BCUT2D eigenvalue weighted by atomic mass is 9.80. The number of ketones is 2. The second kappa shape index (κ2) is 29.9. The van der Waals surface area contributed by atoms with Crippen molar-refractivity contribution in [3.05, 3.63) is 82.0 Å². The van der Waals surface area contributed by atoms with Crippen molar-refractivity contribution in [2.24, 2.45) is 35.3 Å². The number of hydrogen-bond acceptors (Lipinski definition) is 18. The fourth-order valence-electron chi connectivity index (χ4n) is 11.2. The molecule has 20 nitrogen and oxygen atoms in total. The Morgan fingerprint density at radius 2 is 1.59 bits per heavy atom. The number of rotatable bonds is 10. The van der Waals surface area contributed by atoms with Gasteiger partial charge >= 0.3 is 12.1 Å². The molecule has 1 saturated carbocycles. The van der Waals surface area contributed by atoms with Crippen molar-refractivity contribution in [3.63, 3.8) is 0 Å². The van der Waals surface area contributed by atoms with Gasteiger partial charge in [0.2, 0.25) is 5.79 Å². The summed E-state index contributed by atoms with van der Waals surface area (Å²) in [5.74, 6) is -7.99. The number of ether oxygens (including phenoxy) is 7. The zero-order valence-electron chi connectivity index (χ0n) is 46.9. The summed E-state index contributed by atoms with van der Waals surface area (Å²) in [6.45, 7) is 12.7. The standard InChI is InChI=1S/C58H85N3O17/c1-10-74-48-33-49(44(59)30-40-20-26-46(50(31-40)73-9)77-57(68)75-42-24-21-41(22-25-42)61(70)71)76-56(67)45-18-14-15-27-60(45)55(66)54(65)58(69)39(7)19-23-43(78-58)32-47(72-8)35(3)17-13-11-12-16-34(2)28-37(5)51(62)53(64)52(63)38(6)29-36(48)4/h11-13,16-17,21-22,24-25,29,34,36-37,39-40,43-50,52-53,63-64,69H,10,14-15,18-20,23,26-28,30-33,59H2,1-9H3/b13-11+,16-12+,35-17+,38-29+/t34-,36-,37-,39-,40+,43+,44-,45+,46-,47+,48-,49+,50-,52-,53+,58-/m1/s1. The SMILES string of the molecule is CCO[C@@H]1C[C@@H]([C@H](N)C[C@@H]2CC[C@@H](OC(=O)Oc3ccc([N+](=O)[O-])cc3)[C@H](OC)C2)OC(=O)[C@@H]2CCCCN2C(=O)C(=O)[C@]2(O)O[C@@H](CC[C@H]2C)C[C@H](OC)/C(C)=C/C=C/C=C/[C@@H](C)C[C@@H](C)C(=O)[C@H](O)[C@H](O)/C(C)=C/[C@H]1C. The van der Waals surface area contributed by atoms with Gasteiger partial charge in [0.15, 0.2) is 5.78 Å². The van der Waals surface area contributed by atoms with E-state index in [9.17, 15) is 49.4 Å². The molecule has 3 fully saturated rings. The van der Waals surface area contributed by atoms with Crippen LogP contribution in [0, 0.1) is 39.7 Å². The molecule has 5 rings (SSSR count). The number of nitrogens with zero attached hydrogens (tertiary/aromatic N) is 2. The number of fused-ring (bicyclic) bond motifs is 3. The van der Waals surface area contributed by atoms with E-state index in [0.717, 1.165) is 5.57 Å². The van der Waals surface area contributed by atoms with Crippen LogP contribution in [0.15, 0.2) is 71.9 Å². The predicted molar refractivity (Wildman–Crippen MR) is 288 cm³/mol.